The summed E-state index contributed by atoms with van der Waals surface area (Å²) in [7, 11) is 1.26. The monoisotopic (exact) mass is 290 g/mol. The Hall–Kier alpha value is -2.67. The Balaban J connectivity index is 2.01. The van der Waals surface area contributed by atoms with Crippen molar-refractivity contribution in [1.29, 1.82) is 0 Å². The Morgan fingerprint density at radius 2 is 2.10 bits per heavy atom. The van der Waals surface area contributed by atoms with Gasteiger partial charge in [-0.2, -0.15) is 0 Å². The topological polar surface area (TPSA) is 102 Å². The zero-order chi connectivity index (χ0) is 15.2. The molecule has 0 bridgehead atoms. The standard InChI is InChI=1S/C14H14N2O5/c1-20-12(14(18)19)8-15-13(17)10-7-11(21-16-10)9-5-3-2-4-6-9/h2-7,12H,8H2,1H3,(H,15,17)(H,18,19). The number of aromatic nitrogens is 1. The molecule has 0 fully saturated rings. The molecule has 1 aromatic carbocycles. The largest absolute Gasteiger partial charge is 0.479 e. The van der Waals surface area contributed by atoms with Crippen molar-refractivity contribution in [2.75, 3.05) is 13.7 Å². The van der Waals surface area contributed by atoms with Crippen LogP contribution in [0.25, 0.3) is 11.3 Å². The predicted octanol–water partition coefficient (Wildman–Crippen LogP) is 1.17. The molecule has 1 heterocycles. The summed E-state index contributed by atoms with van der Waals surface area (Å²) in [5.74, 6) is -1.21. The molecule has 1 amide bonds. The quantitative estimate of drug-likeness (QED) is 0.828. The number of methoxy groups -OCH3 is 1. The van der Waals surface area contributed by atoms with Crippen molar-refractivity contribution in [3.8, 4) is 11.3 Å². The molecule has 2 N–H and O–H groups in total. The second kappa shape index (κ2) is 6.67. The van der Waals surface area contributed by atoms with E-state index in [2.05, 4.69) is 10.5 Å². The summed E-state index contributed by atoms with van der Waals surface area (Å²) in [4.78, 5) is 22.6. The Morgan fingerprint density at radius 3 is 2.71 bits per heavy atom. The molecule has 1 aromatic heterocycles. The summed E-state index contributed by atoms with van der Waals surface area (Å²) >= 11 is 0. The highest BCUT2D eigenvalue weighted by Crippen LogP contribution is 2.19. The molecule has 0 aliphatic rings. The molecule has 0 aliphatic heterocycles. The van der Waals surface area contributed by atoms with Gasteiger partial charge < -0.3 is 19.7 Å². The number of carbonyl (C=O) groups excluding carboxylic acids is 1. The molecule has 2 rings (SSSR count). The molecule has 7 heteroatoms. The van der Waals surface area contributed by atoms with Gasteiger partial charge in [0.2, 0.25) is 0 Å². The number of carbonyl (C=O) groups is 2. The summed E-state index contributed by atoms with van der Waals surface area (Å²) < 4.78 is 9.81. The van der Waals surface area contributed by atoms with Gasteiger partial charge in [-0.05, 0) is 0 Å². The van der Waals surface area contributed by atoms with Gasteiger partial charge in [0.15, 0.2) is 17.6 Å². The number of aliphatic carboxylic acids is 1. The van der Waals surface area contributed by atoms with Crippen LogP contribution in [0.4, 0.5) is 0 Å². The third-order valence-electron chi connectivity index (χ3n) is 2.81. The maximum Gasteiger partial charge on any atom is 0.334 e. The van der Waals surface area contributed by atoms with E-state index in [1.165, 1.54) is 13.2 Å². The van der Waals surface area contributed by atoms with Crippen molar-refractivity contribution in [2.24, 2.45) is 0 Å². The zero-order valence-corrected chi connectivity index (χ0v) is 11.3. The second-order valence-corrected chi connectivity index (χ2v) is 4.22. The number of carboxylic acids is 1. The first-order chi connectivity index (χ1) is 10.1. The van der Waals surface area contributed by atoms with E-state index >= 15 is 0 Å². The number of hydrogen-bond donors (Lipinski definition) is 2. The third-order valence-corrected chi connectivity index (χ3v) is 2.81. The first-order valence-corrected chi connectivity index (χ1v) is 6.17. The molecule has 21 heavy (non-hydrogen) atoms. The summed E-state index contributed by atoms with van der Waals surface area (Å²) in [6, 6.07) is 10.7. The van der Waals surface area contributed by atoms with Crippen molar-refractivity contribution in [3.05, 3.63) is 42.1 Å². The minimum Gasteiger partial charge on any atom is -0.479 e. The van der Waals surface area contributed by atoms with Crippen LogP contribution in [0.2, 0.25) is 0 Å². The number of rotatable bonds is 6. The van der Waals surface area contributed by atoms with E-state index < -0.39 is 18.0 Å². The molecule has 0 saturated heterocycles. The molecular weight excluding hydrogens is 276 g/mol. The zero-order valence-electron chi connectivity index (χ0n) is 11.3. The van der Waals surface area contributed by atoms with Crippen LogP contribution >= 0.6 is 0 Å². The van der Waals surface area contributed by atoms with Gasteiger partial charge in [0.05, 0.1) is 6.54 Å². The van der Waals surface area contributed by atoms with Crippen molar-refractivity contribution < 1.29 is 24.0 Å². The van der Waals surface area contributed by atoms with Crippen LogP contribution in [0.3, 0.4) is 0 Å². The number of benzene rings is 1. The van der Waals surface area contributed by atoms with Crippen LogP contribution in [-0.4, -0.2) is 41.9 Å². The Kier molecular flexibility index (Phi) is 4.68. The molecule has 110 valence electrons. The van der Waals surface area contributed by atoms with Crippen molar-refractivity contribution in [2.45, 2.75) is 6.10 Å². The SMILES string of the molecule is COC(CNC(=O)c1cc(-c2ccccc2)on1)C(=O)O. The highest BCUT2D eigenvalue weighted by atomic mass is 16.5. The molecule has 7 nitrogen and oxygen atoms in total. The molecule has 2 aromatic rings. The molecule has 1 unspecified atom stereocenters. The van der Waals surface area contributed by atoms with Crippen molar-refractivity contribution in [1.82, 2.24) is 10.5 Å². The van der Waals surface area contributed by atoms with Crippen LogP contribution in [-0.2, 0) is 9.53 Å². The lowest BCUT2D eigenvalue weighted by atomic mass is 10.1. The second-order valence-electron chi connectivity index (χ2n) is 4.22. The highest BCUT2D eigenvalue weighted by molar-refractivity contribution is 5.93. The van der Waals surface area contributed by atoms with Gasteiger partial charge >= 0.3 is 5.97 Å². The molecular formula is C14H14N2O5. The first-order valence-electron chi connectivity index (χ1n) is 6.17. The fourth-order valence-corrected chi connectivity index (χ4v) is 1.67. The Morgan fingerprint density at radius 1 is 1.38 bits per heavy atom. The maximum atomic E-state index is 11.9. The minimum atomic E-state index is -1.15. The molecule has 0 aliphatic carbocycles. The van der Waals surface area contributed by atoms with Gasteiger partial charge in [-0.3, -0.25) is 4.79 Å². The van der Waals surface area contributed by atoms with Gasteiger partial charge in [-0.15, -0.1) is 0 Å². The number of amides is 1. The van der Waals surface area contributed by atoms with Crippen LogP contribution in [0, 0.1) is 0 Å². The molecule has 0 radical (unpaired) electrons. The average Bonchev–Trinajstić information content (AvgIpc) is 2.98. The van der Waals surface area contributed by atoms with Crippen LogP contribution in [0.5, 0.6) is 0 Å². The average molecular weight is 290 g/mol. The van der Waals surface area contributed by atoms with E-state index in [0.29, 0.717) is 5.76 Å². The van der Waals surface area contributed by atoms with E-state index in [4.69, 9.17) is 14.4 Å². The van der Waals surface area contributed by atoms with Crippen LogP contribution in [0.15, 0.2) is 40.9 Å². The Labute approximate surface area is 120 Å². The van der Waals surface area contributed by atoms with Gasteiger partial charge in [0, 0.05) is 18.7 Å². The number of ether oxygens (including phenoxy) is 1. The van der Waals surface area contributed by atoms with E-state index in [1.807, 2.05) is 30.3 Å². The molecule has 0 saturated carbocycles. The normalized spacial score (nSPS) is 11.9. The lowest BCUT2D eigenvalue weighted by molar-refractivity contribution is -0.148. The number of carboxylic acid groups (broad SMARTS) is 1. The van der Waals surface area contributed by atoms with E-state index in [9.17, 15) is 9.59 Å². The molecule has 1 atom stereocenters. The predicted molar refractivity (Wildman–Crippen MR) is 72.7 cm³/mol. The first kappa shape index (κ1) is 14.7. The minimum absolute atomic E-state index is 0.0779. The van der Waals surface area contributed by atoms with Gasteiger partial charge in [-0.25, -0.2) is 4.79 Å². The van der Waals surface area contributed by atoms with Crippen molar-refractivity contribution >= 4 is 11.9 Å². The van der Waals surface area contributed by atoms with Crippen LogP contribution in [0.1, 0.15) is 10.5 Å². The van der Waals surface area contributed by atoms with E-state index in [-0.39, 0.29) is 12.2 Å². The van der Waals surface area contributed by atoms with E-state index in [0.717, 1.165) is 5.56 Å². The van der Waals surface area contributed by atoms with E-state index in [1.54, 1.807) is 0 Å². The van der Waals surface area contributed by atoms with Crippen molar-refractivity contribution in [3.63, 3.8) is 0 Å². The fourth-order valence-electron chi connectivity index (χ4n) is 1.67. The van der Waals surface area contributed by atoms with Gasteiger partial charge in [0.25, 0.3) is 5.91 Å². The Bertz CT molecular complexity index is 623. The summed E-state index contributed by atoms with van der Waals surface area (Å²) in [5, 5.41) is 14.9. The summed E-state index contributed by atoms with van der Waals surface area (Å²) in [5.41, 5.74) is 0.874. The van der Waals surface area contributed by atoms with Gasteiger partial charge in [-0.1, -0.05) is 35.5 Å². The number of hydrogen-bond acceptors (Lipinski definition) is 5. The van der Waals surface area contributed by atoms with Crippen LogP contribution < -0.4 is 5.32 Å². The van der Waals surface area contributed by atoms with Gasteiger partial charge in [0.1, 0.15) is 0 Å². The number of nitrogens with one attached hydrogen (secondary N) is 1. The third kappa shape index (κ3) is 3.67. The highest BCUT2D eigenvalue weighted by Gasteiger charge is 2.19. The fraction of sp³-hybridized carbons (Fsp3) is 0.214. The summed E-state index contributed by atoms with van der Waals surface area (Å²) in [6.07, 6.45) is -1.10. The lowest BCUT2D eigenvalue weighted by Gasteiger charge is -2.10. The maximum absolute atomic E-state index is 11.9. The smallest absolute Gasteiger partial charge is 0.334 e. The molecule has 0 spiro atoms. The lowest BCUT2D eigenvalue weighted by Crippen LogP contribution is -2.37. The summed E-state index contributed by atoms with van der Waals surface area (Å²) in [6.45, 7) is -0.155. The number of nitrogens with zero attached hydrogens (tertiary/aromatic N) is 1.